The highest BCUT2D eigenvalue weighted by Gasteiger charge is 2.19. The van der Waals surface area contributed by atoms with Gasteiger partial charge in [-0.3, -0.25) is 0 Å². The Balaban J connectivity index is 1.91. The van der Waals surface area contributed by atoms with Gasteiger partial charge in [0.15, 0.2) is 0 Å². The van der Waals surface area contributed by atoms with Gasteiger partial charge in [-0.25, -0.2) is 0 Å². The van der Waals surface area contributed by atoms with E-state index in [0.29, 0.717) is 0 Å². The summed E-state index contributed by atoms with van der Waals surface area (Å²) in [6.07, 6.45) is 2.31. The van der Waals surface area contributed by atoms with Gasteiger partial charge in [0.2, 0.25) is 0 Å². The van der Waals surface area contributed by atoms with E-state index in [-0.39, 0.29) is 0 Å². The average Bonchev–Trinajstić information content (AvgIpc) is 2.93. The second-order valence-corrected chi connectivity index (χ2v) is 8.18. The Hall–Kier alpha value is -4.42. The normalized spacial score (nSPS) is 11.1. The lowest BCUT2D eigenvalue weighted by Gasteiger charge is -2.21. The molecule has 0 aromatic heterocycles. The van der Waals surface area contributed by atoms with Crippen molar-refractivity contribution in [2.75, 3.05) is 0 Å². The zero-order valence-electron chi connectivity index (χ0n) is 19.0. The first kappa shape index (κ1) is 21.4. The predicted octanol–water partition coefficient (Wildman–Crippen LogP) is 8.89. The molecule has 0 heterocycles. The van der Waals surface area contributed by atoms with Crippen molar-refractivity contribution in [3.63, 3.8) is 0 Å². The molecule has 0 amide bonds. The van der Waals surface area contributed by atoms with Crippen molar-refractivity contribution in [2.45, 2.75) is 0 Å². The third-order valence-electron chi connectivity index (χ3n) is 5.90. The van der Waals surface area contributed by atoms with Crippen LogP contribution in [-0.4, -0.2) is 0 Å². The maximum atomic E-state index is 2.31. The second-order valence-electron chi connectivity index (χ2n) is 8.18. The molecule has 0 spiro atoms. The smallest absolute Gasteiger partial charge is 0.00206 e. The molecule has 34 heavy (non-hydrogen) atoms. The standard InChI is InChI=1S/C34H26/c1-6-16-27(17-7-1)26-32(28-18-8-2-9-19-28)34(31-24-14-5-15-25-31)33(29-20-10-3-11-21-29)30-22-12-4-13-23-30/h1-26H. The average molecular weight is 435 g/mol. The first-order valence-corrected chi connectivity index (χ1v) is 11.6. The minimum Gasteiger partial charge on any atom is -0.0622 e. The van der Waals surface area contributed by atoms with Gasteiger partial charge in [-0.1, -0.05) is 152 Å². The van der Waals surface area contributed by atoms with Gasteiger partial charge in [-0.15, -0.1) is 0 Å². The van der Waals surface area contributed by atoms with Crippen LogP contribution in [0.5, 0.6) is 0 Å². The summed E-state index contributed by atoms with van der Waals surface area (Å²) in [5, 5.41) is 0. The molecule has 0 radical (unpaired) electrons. The molecule has 0 fully saturated rings. The number of rotatable bonds is 6. The number of hydrogen-bond acceptors (Lipinski definition) is 0. The van der Waals surface area contributed by atoms with E-state index in [2.05, 4.69) is 158 Å². The molecule has 5 rings (SSSR count). The van der Waals surface area contributed by atoms with Crippen molar-refractivity contribution in [3.8, 4) is 0 Å². The molecule has 162 valence electrons. The molecule has 0 saturated carbocycles. The molecule has 0 N–H and O–H groups in total. The summed E-state index contributed by atoms with van der Waals surface area (Å²) in [4.78, 5) is 0. The fraction of sp³-hybridized carbons (Fsp3) is 0. The lowest BCUT2D eigenvalue weighted by atomic mass is 9.82. The van der Waals surface area contributed by atoms with Crippen molar-refractivity contribution < 1.29 is 0 Å². The summed E-state index contributed by atoms with van der Waals surface area (Å²) in [6, 6.07) is 53.4. The molecule has 0 aliphatic carbocycles. The van der Waals surface area contributed by atoms with Crippen molar-refractivity contribution in [3.05, 3.63) is 179 Å². The van der Waals surface area contributed by atoms with Crippen molar-refractivity contribution in [1.29, 1.82) is 0 Å². The van der Waals surface area contributed by atoms with E-state index in [1.54, 1.807) is 0 Å². The summed E-state index contributed by atoms with van der Waals surface area (Å²) in [5.41, 5.74) is 9.58. The van der Waals surface area contributed by atoms with E-state index in [0.717, 1.165) is 0 Å². The van der Waals surface area contributed by atoms with Crippen LogP contribution in [0.15, 0.2) is 152 Å². The van der Waals surface area contributed by atoms with Crippen LogP contribution >= 0.6 is 0 Å². The fourth-order valence-electron chi connectivity index (χ4n) is 4.34. The Morgan fingerprint density at radius 3 is 1.15 bits per heavy atom. The molecular weight excluding hydrogens is 408 g/mol. The highest BCUT2D eigenvalue weighted by molar-refractivity contribution is 6.21. The van der Waals surface area contributed by atoms with Gasteiger partial charge in [-0.2, -0.15) is 0 Å². The van der Waals surface area contributed by atoms with Gasteiger partial charge in [-0.05, 0) is 50.6 Å². The van der Waals surface area contributed by atoms with Crippen molar-refractivity contribution in [2.24, 2.45) is 0 Å². The van der Waals surface area contributed by atoms with Gasteiger partial charge in [0.25, 0.3) is 0 Å². The molecule has 0 aliphatic heterocycles. The van der Waals surface area contributed by atoms with E-state index in [1.165, 1.54) is 44.5 Å². The van der Waals surface area contributed by atoms with E-state index in [9.17, 15) is 0 Å². The SMILES string of the molecule is C(=C(C(=C(c1ccccc1)c1ccccc1)c1ccccc1)c1ccccc1)c1ccccc1. The second kappa shape index (κ2) is 10.5. The number of benzene rings is 5. The van der Waals surface area contributed by atoms with Crippen LogP contribution in [0.3, 0.4) is 0 Å². The van der Waals surface area contributed by atoms with Crippen LogP contribution in [0.1, 0.15) is 27.8 Å². The molecule has 0 aliphatic rings. The van der Waals surface area contributed by atoms with Crippen LogP contribution in [-0.2, 0) is 0 Å². The van der Waals surface area contributed by atoms with Crippen LogP contribution in [0.2, 0.25) is 0 Å². The zero-order valence-corrected chi connectivity index (χ0v) is 19.0. The van der Waals surface area contributed by atoms with Gasteiger partial charge in [0.05, 0.1) is 0 Å². The lowest BCUT2D eigenvalue weighted by molar-refractivity contribution is 1.52. The molecule has 0 nitrogen and oxygen atoms in total. The summed E-state index contributed by atoms with van der Waals surface area (Å²) < 4.78 is 0. The monoisotopic (exact) mass is 434 g/mol. The zero-order chi connectivity index (χ0) is 23.0. The molecule has 0 saturated heterocycles. The summed E-state index contributed by atoms with van der Waals surface area (Å²) in [7, 11) is 0. The molecule has 0 heteroatoms. The summed E-state index contributed by atoms with van der Waals surface area (Å²) in [5.74, 6) is 0. The van der Waals surface area contributed by atoms with Gasteiger partial charge >= 0.3 is 0 Å². The minimum atomic E-state index is 1.18. The van der Waals surface area contributed by atoms with Crippen LogP contribution in [0, 0.1) is 0 Å². The van der Waals surface area contributed by atoms with E-state index in [1.807, 2.05) is 0 Å². The minimum absolute atomic E-state index is 1.18. The molecule has 0 bridgehead atoms. The Morgan fingerprint density at radius 2 is 0.706 bits per heavy atom. The predicted molar refractivity (Wildman–Crippen MR) is 146 cm³/mol. The van der Waals surface area contributed by atoms with Gasteiger partial charge in [0.1, 0.15) is 0 Å². The quantitative estimate of drug-likeness (QED) is 0.185. The largest absolute Gasteiger partial charge is 0.0622 e. The molecule has 0 atom stereocenters. The topological polar surface area (TPSA) is 0 Å². The van der Waals surface area contributed by atoms with Crippen LogP contribution in [0.4, 0.5) is 0 Å². The molecule has 5 aromatic carbocycles. The highest BCUT2D eigenvalue weighted by atomic mass is 14.2. The molecule has 0 unspecified atom stereocenters. The fourth-order valence-corrected chi connectivity index (χ4v) is 4.34. The summed E-state index contributed by atoms with van der Waals surface area (Å²) >= 11 is 0. The van der Waals surface area contributed by atoms with Crippen molar-refractivity contribution >= 4 is 22.8 Å². The Morgan fingerprint density at radius 1 is 0.353 bits per heavy atom. The van der Waals surface area contributed by atoms with E-state index in [4.69, 9.17) is 0 Å². The van der Waals surface area contributed by atoms with Crippen LogP contribution in [0.25, 0.3) is 22.8 Å². The lowest BCUT2D eigenvalue weighted by Crippen LogP contribution is -1.99. The third-order valence-corrected chi connectivity index (χ3v) is 5.90. The Bertz CT molecular complexity index is 1340. The Labute approximate surface area is 202 Å². The summed E-state index contributed by atoms with van der Waals surface area (Å²) in [6.45, 7) is 0. The van der Waals surface area contributed by atoms with Gasteiger partial charge < -0.3 is 0 Å². The van der Waals surface area contributed by atoms with Crippen molar-refractivity contribution in [1.82, 2.24) is 0 Å². The van der Waals surface area contributed by atoms with E-state index >= 15 is 0 Å². The third kappa shape index (κ3) is 4.82. The number of allylic oxidation sites excluding steroid dienone is 2. The molecular formula is C34H26. The maximum absolute atomic E-state index is 2.31. The first-order valence-electron chi connectivity index (χ1n) is 11.6. The Kier molecular flexibility index (Phi) is 6.59. The first-order chi connectivity index (χ1) is 16.9. The van der Waals surface area contributed by atoms with E-state index < -0.39 is 0 Å². The number of hydrogen-bond donors (Lipinski definition) is 0. The molecule has 5 aromatic rings. The maximum Gasteiger partial charge on any atom is -0.00206 e. The van der Waals surface area contributed by atoms with Crippen LogP contribution < -0.4 is 0 Å². The highest BCUT2D eigenvalue weighted by Crippen LogP contribution is 2.41. The van der Waals surface area contributed by atoms with Gasteiger partial charge in [0, 0.05) is 0 Å².